The van der Waals surface area contributed by atoms with Gasteiger partial charge in [-0.1, -0.05) is 49.7 Å². The van der Waals surface area contributed by atoms with E-state index in [1.54, 1.807) is 31.2 Å². The van der Waals surface area contributed by atoms with Gasteiger partial charge in [-0.25, -0.2) is 13.4 Å². The first-order chi connectivity index (χ1) is 13.3. The van der Waals surface area contributed by atoms with Crippen molar-refractivity contribution < 1.29 is 8.42 Å². The molecule has 0 aliphatic rings. The number of benzene rings is 2. The Bertz CT molecular complexity index is 1080. The van der Waals surface area contributed by atoms with Crippen LogP contribution in [0.15, 0.2) is 65.7 Å². The van der Waals surface area contributed by atoms with Crippen molar-refractivity contribution in [3.8, 4) is 0 Å². The van der Waals surface area contributed by atoms with Gasteiger partial charge >= 0.3 is 0 Å². The van der Waals surface area contributed by atoms with Crippen LogP contribution in [0.1, 0.15) is 36.5 Å². The fourth-order valence-electron chi connectivity index (χ4n) is 3.09. The Morgan fingerprint density at radius 1 is 0.964 bits per heavy atom. The van der Waals surface area contributed by atoms with Gasteiger partial charge in [0.05, 0.1) is 16.8 Å². The van der Waals surface area contributed by atoms with Crippen LogP contribution in [0.5, 0.6) is 0 Å². The first kappa shape index (κ1) is 19.9. The SMILES string of the molecule is Cc1ccc(S(=O)(=O)Nc2ccc(Nc3ccccc3C(C)C)nc2)c(C)c1. The molecule has 28 heavy (non-hydrogen) atoms. The minimum Gasteiger partial charge on any atom is -0.340 e. The zero-order valence-corrected chi connectivity index (χ0v) is 17.3. The number of hydrogen-bond acceptors (Lipinski definition) is 4. The number of rotatable bonds is 6. The molecule has 2 aromatic carbocycles. The molecule has 0 amide bonds. The standard InChI is InChI=1S/C22H25N3O2S/c1-15(2)19-7-5-6-8-20(19)24-22-12-10-18(14-23-22)25-28(26,27)21-11-9-16(3)13-17(21)4/h5-15,25H,1-4H3,(H,23,24). The van der Waals surface area contributed by atoms with Crippen LogP contribution in [0.4, 0.5) is 17.2 Å². The van der Waals surface area contributed by atoms with E-state index < -0.39 is 10.0 Å². The lowest BCUT2D eigenvalue weighted by Gasteiger charge is -2.14. The highest BCUT2D eigenvalue weighted by Crippen LogP contribution is 2.27. The second-order valence-electron chi connectivity index (χ2n) is 7.17. The van der Waals surface area contributed by atoms with Crippen molar-refractivity contribution in [3.05, 3.63) is 77.5 Å². The maximum atomic E-state index is 12.7. The lowest BCUT2D eigenvalue weighted by molar-refractivity contribution is 0.600. The van der Waals surface area contributed by atoms with E-state index in [9.17, 15) is 8.42 Å². The summed E-state index contributed by atoms with van der Waals surface area (Å²) in [5.74, 6) is 1.04. The van der Waals surface area contributed by atoms with Crippen LogP contribution >= 0.6 is 0 Å². The highest BCUT2D eigenvalue weighted by molar-refractivity contribution is 7.92. The number of anilines is 3. The van der Waals surface area contributed by atoms with Crippen molar-refractivity contribution >= 4 is 27.2 Å². The zero-order valence-electron chi connectivity index (χ0n) is 16.5. The van der Waals surface area contributed by atoms with Crippen LogP contribution in [-0.4, -0.2) is 13.4 Å². The number of nitrogens with one attached hydrogen (secondary N) is 2. The monoisotopic (exact) mass is 395 g/mol. The second kappa shape index (κ2) is 8.02. The molecule has 5 nitrogen and oxygen atoms in total. The van der Waals surface area contributed by atoms with Gasteiger partial charge in [-0.2, -0.15) is 0 Å². The Balaban J connectivity index is 1.78. The van der Waals surface area contributed by atoms with E-state index in [0.29, 0.717) is 23.0 Å². The smallest absolute Gasteiger partial charge is 0.262 e. The third-order valence-electron chi connectivity index (χ3n) is 4.48. The van der Waals surface area contributed by atoms with E-state index in [2.05, 4.69) is 34.9 Å². The van der Waals surface area contributed by atoms with Gasteiger partial charge in [0.15, 0.2) is 0 Å². The summed E-state index contributed by atoms with van der Waals surface area (Å²) in [5, 5.41) is 3.30. The molecule has 0 fully saturated rings. The average Bonchev–Trinajstić information content (AvgIpc) is 2.63. The first-order valence-electron chi connectivity index (χ1n) is 9.18. The zero-order chi connectivity index (χ0) is 20.3. The molecule has 1 aromatic heterocycles. The molecule has 0 saturated carbocycles. The molecular formula is C22H25N3O2S. The topological polar surface area (TPSA) is 71.1 Å². The van der Waals surface area contributed by atoms with Crippen LogP contribution in [0.2, 0.25) is 0 Å². The van der Waals surface area contributed by atoms with E-state index in [1.165, 1.54) is 11.8 Å². The van der Waals surface area contributed by atoms with Gasteiger partial charge in [-0.15, -0.1) is 0 Å². The van der Waals surface area contributed by atoms with Crippen molar-refractivity contribution in [2.45, 2.75) is 38.5 Å². The Kier molecular flexibility index (Phi) is 5.70. The molecule has 0 bridgehead atoms. The highest BCUT2D eigenvalue weighted by atomic mass is 32.2. The van der Waals surface area contributed by atoms with E-state index in [1.807, 2.05) is 31.2 Å². The van der Waals surface area contributed by atoms with E-state index >= 15 is 0 Å². The van der Waals surface area contributed by atoms with Gasteiger partial charge in [0.2, 0.25) is 0 Å². The van der Waals surface area contributed by atoms with E-state index in [-0.39, 0.29) is 4.90 Å². The van der Waals surface area contributed by atoms with Crippen LogP contribution in [-0.2, 0) is 10.0 Å². The fourth-order valence-corrected chi connectivity index (χ4v) is 4.36. The van der Waals surface area contributed by atoms with Crippen LogP contribution < -0.4 is 10.0 Å². The quantitative estimate of drug-likeness (QED) is 0.589. The van der Waals surface area contributed by atoms with Crippen molar-refractivity contribution in [2.24, 2.45) is 0 Å². The molecule has 0 spiro atoms. The minimum atomic E-state index is -3.66. The summed E-state index contributed by atoms with van der Waals surface area (Å²) in [6, 6.07) is 16.8. The molecule has 0 aliphatic carbocycles. The highest BCUT2D eigenvalue weighted by Gasteiger charge is 2.17. The molecule has 0 radical (unpaired) electrons. The Morgan fingerprint density at radius 2 is 1.71 bits per heavy atom. The Hall–Kier alpha value is -2.86. The number of aromatic nitrogens is 1. The van der Waals surface area contributed by atoms with E-state index in [0.717, 1.165) is 11.3 Å². The number of pyridine rings is 1. The normalized spacial score (nSPS) is 11.5. The minimum absolute atomic E-state index is 0.270. The third kappa shape index (κ3) is 4.51. The number of hydrogen-bond donors (Lipinski definition) is 2. The van der Waals surface area contributed by atoms with Crippen molar-refractivity contribution in [3.63, 3.8) is 0 Å². The second-order valence-corrected chi connectivity index (χ2v) is 8.82. The van der Waals surface area contributed by atoms with Crippen LogP contribution in [0, 0.1) is 13.8 Å². The fraction of sp³-hybridized carbons (Fsp3) is 0.227. The summed E-state index contributed by atoms with van der Waals surface area (Å²) in [4.78, 5) is 4.62. The van der Waals surface area contributed by atoms with Crippen LogP contribution in [0.25, 0.3) is 0 Å². The van der Waals surface area contributed by atoms with Crippen molar-refractivity contribution in [1.29, 1.82) is 0 Å². The number of sulfonamides is 1. The summed E-state index contributed by atoms with van der Waals surface area (Å²) < 4.78 is 27.9. The molecule has 1 heterocycles. The summed E-state index contributed by atoms with van der Waals surface area (Å²) in [7, 11) is -3.66. The molecule has 3 aromatic rings. The van der Waals surface area contributed by atoms with Crippen LogP contribution in [0.3, 0.4) is 0 Å². The van der Waals surface area contributed by atoms with Gasteiger partial charge in [-0.05, 0) is 55.2 Å². The molecule has 6 heteroatoms. The summed E-state index contributed by atoms with van der Waals surface area (Å²) in [6.07, 6.45) is 1.52. The number of nitrogens with zero attached hydrogens (tertiary/aromatic N) is 1. The largest absolute Gasteiger partial charge is 0.340 e. The van der Waals surface area contributed by atoms with Gasteiger partial charge in [0.25, 0.3) is 10.0 Å². The van der Waals surface area contributed by atoms with Gasteiger partial charge in [0.1, 0.15) is 5.82 Å². The molecule has 0 unspecified atom stereocenters. The maximum absolute atomic E-state index is 12.7. The summed E-state index contributed by atoms with van der Waals surface area (Å²) >= 11 is 0. The molecule has 3 rings (SSSR count). The lowest BCUT2D eigenvalue weighted by Crippen LogP contribution is -2.14. The molecule has 0 aliphatic heterocycles. The lowest BCUT2D eigenvalue weighted by atomic mass is 10.0. The third-order valence-corrected chi connectivity index (χ3v) is 6.02. The average molecular weight is 396 g/mol. The van der Waals surface area contributed by atoms with Gasteiger partial charge in [-0.3, -0.25) is 4.72 Å². The molecule has 0 atom stereocenters. The Labute approximate surface area is 166 Å². The Morgan fingerprint density at radius 3 is 2.36 bits per heavy atom. The molecule has 2 N–H and O–H groups in total. The molecule has 146 valence electrons. The summed E-state index contributed by atoms with van der Waals surface area (Å²) in [5.41, 5.74) is 4.35. The van der Waals surface area contributed by atoms with Crippen molar-refractivity contribution in [1.82, 2.24) is 4.98 Å². The maximum Gasteiger partial charge on any atom is 0.262 e. The van der Waals surface area contributed by atoms with Gasteiger partial charge in [0, 0.05) is 5.69 Å². The van der Waals surface area contributed by atoms with E-state index in [4.69, 9.17) is 0 Å². The number of para-hydroxylation sites is 1. The van der Waals surface area contributed by atoms with Gasteiger partial charge < -0.3 is 5.32 Å². The predicted molar refractivity (Wildman–Crippen MR) is 115 cm³/mol. The van der Waals surface area contributed by atoms with Crippen molar-refractivity contribution in [2.75, 3.05) is 10.0 Å². The predicted octanol–water partition coefficient (Wildman–Crippen LogP) is 5.37. The summed E-state index contributed by atoms with van der Waals surface area (Å²) in [6.45, 7) is 8.00. The first-order valence-corrected chi connectivity index (χ1v) is 10.7. The number of aryl methyl sites for hydroxylation is 2. The molecule has 0 saturated heterocycles. The molecular weight excluding hydrogens is 370 g/mol.